The van der Waals surface area contributed by atoms with Gasteiger partial charge in [0.1, 0.15) is 0 Å². The van der Waals surface area contributed by atoms with Crippen molar-refractivity contribution in [3.8, 4) is 11.5 Å². The zero-order valence-corrected chi connectivity index (χ0v) is 18.0. The fraction of sp³-hybridized carbons (Fsp3) is 0.238. The lowest BCUT2D eigenvalue weighted by Gasteiger charge is -2.16. The summed E-state index contributed by atoms with van der Waals surface area (Å²) in [5.41, 5.74) is 1.54. The maximum Gasteiger partial charge on any atom is 0.363 e. The number of cyclic esters (lactones) is 1. The highest BCUT2D eigenvalue weighted by atomic mass is 79.9. The van der Waals surface area contributed by atoms with Crippen LogP contribution in [0, 0.1) is 0 Å². The van der Waals surface area contributed by atoms with Gasteiger partial charge in [0.05, 0.1) is 23.3 Å². The predicted octanol–water partition coefficient (Wildman–Crippen LogP) is 5.63. The summed E-state index contributed by atoms with van der Waals surface area (Å²) in [6.45, 7) is 6.15. The summed E-state index contributed by atoms with van der Waals surface area (Å²) in [5.74, 6) is 0.714. The summed E-state index contributed by atoms with van der Waals surface area (Å²) in [6, 6.07) is 10.9. The van der Waals surface area contributed by atoms with E-state index in [9.17, 15) is 4.79 Å². The van der Waals surface area contributed by atoms with E-state index < -0.39 is 5.97 Å². The topological polar surface area (TPSA) is 57.1 Å². The quantitative estimate of drug-likeness (QED) is 0.410. The van der Waals surface area contributed by atoms with Gasteiger partial charge in [-0.25, -0.2) is 9.79 Å². The largest absolute Gasteiger partial charge is 0.490 e. The SMILES string of the molecule is CCOc1cc(/C=C2\N=C(c3ccccc3Br)OC2=O)cc(Cl)c1OC(C)C. The number of carbonyl (C=O) groups excluding carboxylic acids is 1. The second-order valence-corrected chi connectivity index (χ2v) is 7.51. The molecule has 0 saturated heterocycles. The maximum absolute atomic E-state index is 12.3. The number of hydrogen-bond donors (Lipinski definition) is 0. The molecule has 0 spiro atoms. The van der Waals surface area contributed by atoms with Crippen molar-refractivity contribution in [2.24, 2.45) is 4.99 Å². The van der Waals surface area contributed by atoms with E-state index in [0.717, 1.165) is 4.47 Å². The van der Waals surface area contributed by atoms with Crippen molar-refractivity contribution in [2.75, 3.05) is 6.61 Å². The first-order valence-electron chi connectivity index (χ1n) is 8.79. The van der Waals surface area contributed by atoms with Gasteiger partial charge < -0.3 is 14.2 Å². The van der Waals surface area contributed by atoms with Crippen molar-refractivity contribution in [2.45, 2.75) is 26.9 Å². The number of rotatable bonds is 6. The fourth-order valence-electron chi connectivity index (χ4n) is 2.60. The Morgan fingerprint density at radius 1 is 1.29 bits per heavy atom. The van der Waals surface area contributed by atoms with Crippen molar-refractivity contribution in [3.05, 3.63) is 62.7 Å². The van der Waals surface area contributed by atoms with Gasteiger partial charge in [0.25, 0.3) is 0 Å². The highest BCUT2D eigenvalue weighted by molar-refractivity contribution is 9.10. The molecule has 0 fully saturated rings. The minimum absolute atomic E-state index is 0.0535. The Labute approximate surface area is 177 Å². The minimum Gasteiger partial charge on any atom is -0.490 e. The van der Waals surface area contributed by atoms with Crippen LogP contribution in [0.2, 0.25) is 5.02 Å². The third-order valence-electron chi connectivity index (χ3n) is 3.71. The van der Waals surface area contributed by atoms with E-state index in [2.05, 4.69) is 20.9 Å². The fourth-order valence-corrected chi connectivity index (χ4v) is 3.32. The van der Waals surface area contributed by atoms with Crippen molar-refractivity contribution in [1.82, 2.24) is 0 Å². The van der Waals surface area contributed by atoms with Crippen LogP contribution < -0.4 is 9.47 Å². The molecule has 2 aromatic carbocycles. The van der Waals surface area contributed by atoms with Crippen LogP contribution in [0.4, 0.5) is 0 Å². The van der Waals surface area contributed by atoms with Crippen LogP contribution in [-0.4, -0.2) is 24.6 Å². The molecule has 0 bridgehead atoms. The first-order chi connectivity index (χ1) is 13.4. The number of esters is 1. The monoisotopic (exact) mass is 463 g/mol. The van der Waals surface area contributed by atoms with Gasteiger partial charge in [0.2, 0.25) is 5.90 Å². The predicted molar refractivity (Wildman–Crippen MR) is 113 cm³/mol. The van der Waals surface area contributed by atoms with Crippen molar-refractivity contribution in [3.63, 3.8) is 0 Å². The van der Waals surface area contributed by atoms with E-state index >= 15 is 0 Å². The molecule has 1 aliphatic heterocycles. The van der Waals surface area contributed by atoms with Crippen LogP contribution in [0.3, 0.4) is 0 Å². The van der Waals surface area contributed by atoms with E-state index in [1.165, 1.54) is 0 Å². The molecule has 0 atom stereocenters. The molecule has 0 radical (unpaired) electrons. The summed E-state index contributed by atoms with van der Waals surface area (Å²) < 4.78 is 17.5. The molecule has 7 heteroatoms. The molecule has 0 aliphatic carbocycles. The third kappa shape index (κ3) is 4.56. The summed E-state index contributed by atoms with van der Waals surface area (Å²) in [7, 11) is 0. The lowest BCUT2D eigenvalue weighted by molar-refractivity contribution is -0.129. The van der Waals surface area contributed by atoms with Crippen LogP contribution in [-0.2, 0) is 9.53 Å². The van der Waals surface area contributed by atoms with Gasteiger partial charge in [-0.1, -0.05) is 23.7 Å². The second-order valence-electron chi connectivity index (χ2n) is 6.25. The Morgan fingerprint density at radius 2 is 2.04 bits per heavy atom. The van der Waals surface area contributed by atoms with Crippen molar-refractivity contribution < 1.29 is 19.0 Å². The minimum atomic E-state index is -0.526. The molecule has 3 rings (SSSR count). The Morgan fingerprint density at radius 3 is 2.71 bits per heavy atom. The highest BCUT2D eigenvalue weighted by Crippen LogP contribution is 2.38. The molecule has 0 unspecified atom stereocenters. The third-order valence-corrected chi connectivity index (χ3v) is 4.69. The maximum atomic E-state index is 12.3. The average molecular weight is 465 g/mol. The molecule has 146 valence electrons. The molecule has 5 nitrogen and oxygen atoms in total. The number of nitrogens with zero attached hydrogens (tertiary/aromatic N) is 1. The molecule has 0 N–H and O–H groups in total. The number of carbonyl (C=O) groups is 1. The zero-order valence-electron chi connectivity index (χ0n) is 15.7. The molecular weight excluding hydrogens is 446 g/mol. The molecule has 0 amide bonds. The van der Waals surface area contributed by atoms with Gasteiger partial charge in [0.15, 0.2) is 17.2 Å². The van der Waals surface area contributed by atoms with Gasteiger partial charge in [-0.15, -0.1) is 0 Å². The van der Waals surface area contributed by atoms with Crippen molar-refractivity contribution in [1.29, 1.82) is 0 Å². The Balaban J connectivity index is 1.98. The Hall–Kier alpha value is -2.31. The smallest absolute Gasteiger partial charge is 0.363 e. The Bertz CT molecular complexity index is 969. The Kier molecular flexibility index (Phi) is 6.42. The molecule has 0 aromatic heterocycles. The summed E-state index contributed by atoms with van der Waals surface area (Å²) in [5, 5.41) is 0.396. The first-order valence-corrected chi connectivity index (χ1v) is 9.96. The number of halogens is 2. The average Bonchev–Trinajstić information content (AvgIpc) is 2.99. The van der Waals surface area contributed by atoms with Crippen molar-refractivity contribution >= 4 is 45.5 Å². The van der Waals surface area contributed by atoms with Crippen LogP contribution in [0.1, 0.15) is 31.9 Å². The lowest BCUT2D eigenvalue weighted by atomic mass is 10.1. The van der Waals surface area contributed by atoms with Gasteiger partial charge in [-0.2, -0.15) is 0 Å². The van der Waals surface area contributed by atoms with Crippen LogP contribution in [0.5, 0.6) is 11.5 Å². The van der Waals surface area contributed by atoms with Crippen LogP contribution >= 0.6 is 27.5 Å². The van der Waals surface area contributed by atoms with Crippen LogP contribution in [0.25, 0.3) is 6.08 Å². The highest BCUT2D eigenvalue weighted by Gasteiger charge is 2.25. The lowest BCUT2D eigenvalue weighted by Crippen LogP contribution is -2.08. The van der Waals surface area contributed by atoms with E-state index in [1.54, 1.807) is 18.2 Å². The normalized spacial score (nSPS) is 15.0. The molecule has 0 saturated carbocycles. The van der Waals surface area contributed by atoms with E-state index in [1.807, 2.05) is 45.0 Å². The van der Waals surface area contributed by atoms with Crippen LogP contribution in [0.15, 0.2) is 51.6 Å². The molecule has 2 aromatic rings. The number of aliphatic imine (C=N–C) groups is 1. The second kappa shape index (κ2) is 8.80. The molecule has 1 heterocycles. The van der Waals surface area contributed by atoms with Gasteiger partial charge in [-0.3, -0.25) is 0 Å². The van der Waals surface area contributed by atoms with E-state index in [-0.39, 0.29) is 17.7 Å². The van der Waals surface area contributed by atoms with E-state index in [0.29, 0.717) is 34.3 Å². The van der Waals surface area contributed by atoms with Gasteiger partial charge in [-0.05, 0) is 72.6 Å². The molecular formula is C21H19BrClNO4. The van der Waals surface area contributed by atoms with Gasteiger partial charge >= 0.3 is 5.97 Å². The number of hydrogen-bond acceptors (Lipinski definition) is 5. The zero-order chi connectivity index (χ0) is 20.3. The van der Waals surface area contributed by atoms with Gasteiger partial charge in [0, 0.05) is 4.47 Å². The first kappa shape index (κ1) is 20.4. The summed E-state index contributed by atoms with van der Waals surface area (Å²) in [6.07, 6.45) is 1.56. The summed E-state index contributed by atoms with van der Waals surface area (Å²) in [4.78, 5) is 16.6. The molecule has 28 heavy (non-hydrogen) atoms. The standard InChI is InChI=1S/C21H19BrClNO4/c1-4-26-18-11-13(9-16(23)19(18)27-12(2)3)10-17-21(25)28-20(24-17)14-7-5-6-8-15(14)22/h5-12H,4H2,1-3H3/b17-10-. The van der Waals surface area contributed by atoms with E-state index in [4.69, 9.17) is 25.8 Å². The summed E-state index contributed by atoms with van der Waals surface area (Å²) >= 11 is 9.83. The number of ether oxygens (including phenoxy) is 3. The number of benzene rings is 2. The molecule has 1 aliphatic rings.